The summed E-state index contributed by atoms with van der Waals surface area (Å²) in [6.45, 7) is 9.15. The molecule has 0 saturated heterocycles. The zero-order valence-electron chi connectivity index (χ0n) is 20.9. The topological polar surface area (TPSA) is 22.1 Å². The van der Waals surface area contributed by atoms with E-state index in [2.05, 4.69) is 94.4 Å². The molecule has 0 saturated carbocycles. The number of nitrogens with zero attached hydrogens (tertiary/aromatic N) is 1. The van der Waals surface area contributed by atoms with Gasteiger partial charge >= 0.3 is 0 Å². The molecule has 1 heterocycles. The third-order valence-corrected chi connectivity index (χ3v) is 6.58. The van der Waals surface area contributed by atoms with Crippen molar-refractivity contribution >= 4 is 32.3 Å². The van der Waals surface area contributed by atoms with Crippen LogP contribution in [0, 0.1) is 11.8 Å². The SMILES string of the molecule is COc1cc2c3ccnc(-c4cc(CC(C)C)cc(CC(C)C)c4)c3ccc2c2ccccc12. The summed E-state index contributed by atoms with van der Waals surface area (Å²) in [4.78, 5) is 4.90. The average molecular weight is 448 g/mol. The van der Waals surface area contributed by atoms with Gasteiger partial charge in [0.2, 0.25) is 0 Å². The Balaban J connectivity index is 1.77. The largest absolute Gasteiger partial charge is 0.496 e. The Morgan fingerprint density at radius 2 is 1.24 bits per heavy atom. The van der Waals surface area contributed by atoms with E-state index in [0.29, 0.717) is 11.8 Å². The fourth-order valence-corrected chi connectivity index (χ4v) is 5.29. The van der Waals surface area contributed by atoms with Gasteiger partial charge in [0, 0.05) is 22.5 Å². The first-order chi connectivity index (χ1) is 16.4. The minimum atomic E-state index is 0.618. The van der Waals surface area contributed by atoms with E-state index < -0.39 is 0 Å². The molecule has 0 bridgehead atoms. The molecule has 4 aromatic carbocycles. The van der Waals surface area contributed by atoms with Crippen molar-refractivity contribution in [3.05, 3.63) is 84.1 Å². The molecule has 0 amide bonds. The summed E-state index contributed by atoms with van der Waals surface area (Å²) in [5.74, 6) is 2.15. The van der Waals surface area contributed by atoms with Gasteiger partial charge < -0.3 is 4.74 Å². The second-order valence-electron chi connectivity index (χ2n) is 10.3. The molecule has 2 heteroatoms. The summed E-state index contributed by atoms with van der Waals surface area (Å²) >= 11 is 0. The molecule has 5 aromatic rings. The molecule has 34 heavy (non-hydrogen) atoms. The Morgan fingerprint density at radius 1 is 0.647 bits per heavy atom. The lowest BCUT2D eigenvalue weighted by Gasteiger charge is -2.15. The second-order valence-corrected chi connectivity index (χ2v) is 10.3. The van der Waals surface area contributed by atoms with Gasteiger partial charge in [0.15, 0.2) is 0 Å². The number of aromatic nitrogens is 1. The monoisotopic (exact) mass is 447 g/mol. The van der Waals surface area contributed by atoms with Gasteiger partial charge in [-0.3, -0.25) is 4.98 Å². The normalized spacial score (nSPS) is 11.9. The van der Waals surface area contributed by atoms with Crippen molar-refractivity contribution in [1.82, 2.24) is 4.98 Å². The van der Waals surface area contributed by atoms with E-state index in [4.69, 9.17) is 9.72 Å². The first-order valence-corrected chi connectivity index (χ1v) is 12.3. The van der Waals surface area contributed by atoms with Gasteiger partial charge in [-0.25, -0.2) is 0 Å². The molecule has 2 nitrogen and oxygen atoms in total. The summed E-state index contributed by atoms with van der Waals surface area (Å²) in [6, 6.07) is 24.4. The quantitative estimate of drug-likeness (QED) is 0.243. The zero-order chi connectivity index (χ0) is 23.8. The van der Waals surface area contributed by atoms with E-state index in [9.17, 15) is 0 Å². The van der Waals surface area contributed by atoms with Crippen molar-refractivity contribution in [2.24, 2.45) is 11.8 Å². The first-order valence-electron chi connectivity index (χ1n) is 12.3. The molecule has 0 spiro atoms. The highest BCUT2D eigenvalue weighted by Crippen LogP contribution is 2.39. The number of rotatable bonds is 6. The lowest BCUT2D eigenvalue weighted by molar-refractivity contribution is 0.420. The van der Waals surface area contributed by atoms with Crippen LogP contribution in [0.3, 0.4) is 0 Å². The van der Waals surface area contributed by atoms with E-state index in [1.54, 1.807) is 7.11 Å². The summed E-state index contributed by atoms with van der Waals surface area (Å²) < 4.78 is 5.79. The van der Waals surface area contributed by atoms with Gasteiger partial charge in [-0.05, 0) is 81.6 Å². The Bertz CT molecular complexity index is 1470. The van der Waals surface area contributed by atoms with Gasteiger partial charge in [0.05, 0.1) is 12.8 Å². The van der Waals surface area contributed by atoms with Crippen LogP contribution < -0.4 is 4.74 Å². The maximum absolute atomic E-state index is 5.79. The molecule has 1 aromatic heterocycles. The van der Waals surface area contributed by atoms with Gasteiger partial charge in [-0.1, -0.05) is 70.2 Å². The fraction of sp³-hybridized carbons (Fsp3) is 0.281. The number of pyridine rings is 1. The summed E-state index contributed by atoms with van der Waals surface area (Å²) in [5.41, 5.74) is 5.07. The van der Waals surface area contributed by atoms with Gasteiger partial charge in [0.1, 0.15) is 5.75 Å². The third kappa shape index (κ3) is 4.14. The molecule has 172 valence electrons. The minimum Gasteiger partial charge on any atom is -0.496 e. The van der Waals surface area contributed by atoms with Crippen molar-refractivity contribution in [1.29, 1.82) is 0 Å². The molecule has 0 atom stereocenters. The van der Waals surface area contributed by atoms with Crippen LogP contribution in [-0.2, 0) is 12.8 Å². The molecule has 0 radical (unpaired) electrons. The highest BCUT2D eigenvalue weighted by atomic mass is 16.5. The lowest BCUT2D eigenvalue weighted by Crippen LogP contribution is -2.00. The van der Waals surface area contributed by atoms with E-state index in [1.165, 1.54) is 43.6 Å². The number of hydrogen-bond acceptors (Lipinski definition) is 2. The van der Waals surface area contributed by atoms with Crippen molar-refractivity contribution in [2.45, 2.75) is 40.5 Å². The summed E-state index contributed by atoms with van der Waals surface area (Å²) in [6.07, 6.45) is 4.11. The highest BCUT2D eigenvalue weighted by Gasteiger charge is 2.14. The predicted octanol–water partition coefficient (Wildman–Crippen LogP) is 8.61. The average Bonchev–Trinajstić information content (AvgIpc) is 2.81. The van der Waals surface area contributed by atoms with Crippen LogP contribution in [0.2, 0.25) is 0 Å². The molecular formula is C32H33NO. The Morgan fingerprint density at radius 3 is 1.88 bits per heavy atom. The molecule has 0 aliphatic rings. The number of hydrogen-bond donors (Lipinski definition) is 0. The number of ether oxygens (including phenoxy) is 1. The predicted molar refractivity (Wildman–Crippen MR) is 146 cm³/mol. The van der Waals surface area contributed by atoms with Crippen LogP contribution in [0.15, 0.2) is 72.9 Å². The molecule has 5 rings (SSSR count). The van der Waals surface area contributed by atoms with E-state index in [1.807, 2.05) is 6.20 Å². The summed E-state index contributed by atoms with van der Waals surface area (Å²) in [5, 5.41) is 7.21. The minimum absolute atomic E-state index is 0.618. The molecule has 0 aliphatic heterocycles. The van der Waals surface area contributed by atoms with Crippen LogP contribution in [0.25, 0.3) is 43.6 Å². The second kappa shape index (κ2) is 9.10. The third-order valence-electron chi connectivity index (χ3n) is 6.58. The van der Waals surface area contributed by atoms with Crippen molar-refractivity contribution in [3.8, 4) is 17.0 Å². The number of methoxy groups -OCH3 is 1. The highest BCUT2D eigenvalue weighted by molar-refractivity contribution is 6.20. The van der Waals surface area contributed by atoms with Crippen molar-refractivity contribution in [2.75, 3.05) is 7.11 Å². The maximum Gasteiger partial charge on any atom is 0.127 e. The van der Waals surface area contributed by atoms with Crippen LogP contribution in [0.1, 0.15) is 38.8 Å². The van der Waals surface area contributed by atoms with E-state index in [0.717, 1.165) is 29.7 Å². The smallest absolute Gasteiger partial charge is 0.127 e. The van der Waals surface area contributed by atoms with Crippen LogP contribution >= 0.6 is 0 Å². The summed E-state index contributed by atoms with van der Waals surface area (Å²) in [7, 11) is 1.75. The standard InChI is InChI=1S/C32H33NO/c1-20(2)14-22-16-23(15-21(3)4)18-24(17-22)32-29-11-10-26-25-8-6-7-9-28(25)31(34-5)19-30(26)27(29)12-13-33-32/h6-13,16-21H,14-15H2,1-5H3. The Hall–Kier alpha value is -3.39. The Labute approximate surface area is 202 Å². The molecule has 0 aliphatic carbocycles. The van der Waals surface area contributed by atoms with Gasteiger partial charge in [-0.15, -0.1) is 0 Å². The van der Waals surface area contributed by atoms with Gasteiger partial charge in [0.25, 0.3) is 0 Å². The number of fused-ring (bicyclic) bond motifs is 5. The molecular weight excluding hydrogens is 414 g/mol. The van der Waals surface area contributed by atoms with E-state index >= 15 is 0 Å². The lowest BCUT2D eigenvalue weighted by atomic mass is 9.91. The van der Waals surface area contributed by atoms with Gasteiger partial charge in [-0.2, -0.15) is 0 Å². The van der Waals surface area contributed by atoms with Crippen LogP contribution in [0.5, 0.6) is 5.75 Å². The van der Waals surface area contributed by atoms with Crippen LogP contribution in [0.4, 0.5) is 0 Å². The van der Waals surface area contributed by atoms with Crippen molar-refractivity contribution < 1.29 is 4.74 Å². The zero-order valence-corrected chi connectivity index (χ0v) is 20.9. The molecule has 0 unspecified atom stereocenters. The Kier molecular flexibility index (Phi) is 6.00. The fourth-order valence-electron chi connectivity index (χ4n) is 5.29. The van der Waals surface area contributed by atoms with Crippen molar-refractivity contribution in [3.63, 3.8) is 0 Å². The van der Waals surface area contributed by atoms with E-state index in [-0.39, 0.29) is 0 Å². The molecule has 0 N–H and O–H groups in total. The first kappa shape index (κ1) is 22.4. The number of benzene rings is 4. The molecule has 0 fully saturated rings. The van der Waals surface area contributed by atoms with Crippen LogP contribution in [-0.4, -0.2) is 12.1 Å². The maximum atomic E-state index is 5.79.